The summed E-state index contributed by atoms with van der Waals surface area (Å²) in [6.45, 7) is 0. The molecule has 4 heteroatoms. The van der Waals surface area contributed by atoms with Crippen molar-refractivity contribution >= 4 is 27.4 Å². The normalized spacial score (nSPS) is 12.8. The third kappa shape index (κ3) is 2.59. The maximum absolute atomic E-state index is 10.5. The Bertz CT molecular complexity index is 473. The van der Waals surface area contributed by atoms with Crippen molar-refractivity contribution < 1.29 is 9.90 Å². The van der Waals surface area contributed by atoms with E-state index in [4.69, 9.17) is 10.8 Å². The highest BCUT2D eigenvalue weighted by molar-refractivity contribution is 7.19. The minimum Gasteiger partial charge on any atom is -0.481 e. The molecule has 1 heterocycles. The van der Waals surface area contributed by atoms with Gasteiger partial charge in [-0.1, -0.05) is 18.2 Å². The molecule has 0 spiro atoms. The minimum atomic E-state index is -0.839. The highest BCUT2D eigenvalue weighted by atomic mass is 32.1. The molecule has 1 aromatic heterocycles. The van der Waals surface area contributed by atoms with Crippen molar-refractivity contribution in [3.8, 4) is 0 Å². The van der Waals surface area contributed by atoms with E-state index in [1.54, 1.807) is 11.3 Å². The topological polar surface area (TPSA) is 63.3 Å². The van der Waals surface area contributed by atoms with E-state index in [1.807, 2.05) is 12.1 Å². The lowest BCUT2D eigenvalue weighted by Gasteiger charge is -2.05. The molecule has 0 radical (unpaired) electrons. The summed E-state index contributed by atoms with van der Waals surface area (Å²) in [4.78, 5) is 11.6. The molecule has 0 aliphatic rings. The molecule has 0 fully saturated rings. The van der Waals surface area contributed by atoms with E-state index in [0.29, 0.717) is 6.42 Å². The molecular formula is C12H13NO2S. The molecule has 16 heavy (non-hydrogen) atoms. The summed E-state index contributed by atoms with van der Waals surface area (Å²) >= 11 is 1.68. The fourth-order valence-electron chi connectivity index (χ4n) is 1.69. The van der Waals surface area contributed by atoms with Crippen molar-refractivity contribution in [2.24, 2.45) is 5.73 Å². The number of hydrogen-bond donors (Lipinski definition) is 2. The molecule has 0 aliphatic carbocycles. The first-order valence-electron chi connectivity index (χ1n) is 5.10. The van der Waals surface area contributed by atoms with Crippen LogP contribution in [0.1, 0.15) is 11.3 Å². The Morgan fingerprint density at radius 2 is 2.19 bits per heavy atom. The minimum absolute atomic E-state index is 0.0221. The van der Waals surface area contributed by atoms with Crippen molar-refractivity contribution in [2.75, 3.05) is 0 Å². The maximum Gasteiger partial charge on any atom is 0.304 e. The van der Waals surface area contributed by atoms with Gasteiger partial charge in [0.15, 0.2) is 0 Å². The molecule has 0 unspecified atom stereocenters. The third-order valence-electron chi connectivity index (χ3n) is 2.38. The summed E-state index contributed by atoms with van der Waals surface area (Å²) in [6.07, 6.45) is 0.653. The smallest absolute Gasteiger partial charge is 0.304 e. The van der Waals surface area contributed by atoms with E-state index in [-0.39, 0.29) is 12.5 Å². The van der Waals surface area contributed by atoms with Crippen LogP contribution in [-0.2, 0) is 11.2 Å². The zero-order valence-electron chi connectivity index (χ0n) is 8.72. The Labute approximate surface area is 97.5 Å². The Balaban J connectivity index is 2.12. The first-order valence-corrected chi connectivity index (χ1v) is 5.91. The van der Waals surface area contributed by atoms with Crippen LogP contribution < -0.4 is 5.73 Å². The fraction of sp³-hybridized carbons (Fsp3) is 0.250. The number of benzene rings is 1. The molecule has 1 atom stereocenters. The highest BCUT2D eigenvalue weighted by Gasteiger charge is 2.10. The van der Waals surface area contributed by atoms with Crippen molar-refractivity contribution in [2.45, 2.75) is 18.9 Å². The zero-order valence-corrected chi connectivity index (χ0v) is 9.54. The van der Waals surface area contributed by atoms with Gasteiger partial charge in [0.2, 0.25) is 0 Å². The van der Waals surface area contributed by atoms with E-state index in [0.717, 1.165) is 4.88 Å². The fourth-order valence-corrected chi connectivity index (χ4v) is 2.85. The number of rotatable bonds is 4. The van der Waals surface area contributed by atoms with Gasteiger partial charge in [0.25, 0.3) is 0 Å². The number of nitrogens with two attached hydrogens (primary N) is 1. The van der Waals surface area contributed by atoms with Gasteiger partial charge in [-0.15, -0.1) is 11.3 Å². The van der Waals surface area contributed by atoms with Gasteiger partial charge < -0.3 is 10.8 Å². The number of carboxylic acid groups (broad SMARTS) is 1. The van der Waals surface area contributed by atoms with Crippen molar-refractivity contribution in [1.82, 2.24) is 0 Å². The van der Waals surface area contributed by atoms with Gasteiger partial charge in [-0.2, -0.15) is 0 Å². The third-order valence-corrected chi connectivity index (χ3v) is 3.52. The second kappa shape index (κ2) is 4.63. The van der Waals surface area contributed by atoms with Gasteiger partial charge in [0.05, 0.1) is 6.42 Å². The van der Waals surface area contributed by atoms with Gasteiger partial charge >= 0.3 is 5.97 Å². The van der Waals surface area contributed by atoms with Crippen LogP contribution in [0.15, 0.2) is 30.3 Å². The largest absolute Gasteiger partial charge is 0.481 e. The summed E-state index contributed by atoms with van der Waals surface area (Å²) in [7, 11) is 0. The molecule has 0 bridgehead atoms. The Kier molecular flexibility index (Phi) is 3.22. The predicted molar refractivity (Wildman–Crippen MR) is 65.8 cm³/mol. The Hall–Kier alpha value is -1.39. The summed E-state index contributed by atoms with van der Waals surface area (Å²) in [5.74, 6) is -0.839. The molecule has 1 aromatic carbocycles. The van der Waals surface area contributed by atoms with Gasteiger partial charge in [0.1, 0.15) is 0 Å². The molecule has 0 saturated carbocycles. The van der Waals surface area contributed by atoms with Crippen molar-refractivity contribution in [1.29, 1.82) is 0 Å². The lowest BCUT2D eigenvalue weighted by molar-refractivity contribution is -0.137. The molecule has 3 nitrogen and oxygen atoms in total. The quantitative estimate of drug-likeness (QED) is 0.854. The number of aliphatic carboxylic acids is 1. The molecule has 0 saturated heterocycles. The number of carboxylic acids is 1. The van der Waals surface area contributed by atoms with Gasteiger partial charge in [-0.3, -0.25) is 4.79 Å². The predicted octanol–water partition coefficient (Wildman–Crippen LogP) is 2.25. The first-order chi connectivity index (χ1) is 7.65. The first kappa shape index (κ1) is 11.1. The summed E-state index contributed by atoms with van der Waals surface area (Å²) < 4.78 is 1.22. The summed E-state index contributed by atoms with van der Waals surface area (Å²) in [5.41, 5.74) is 5.75. The van der Waals surface area contributed by atoms with Gasteiger partial charge in [-0.05, 0) is 23.9 Å². The van der Waals surface area contributed by atoms with E-state index in [9.17, 15) is 4.79 Å². The lowest BCUT2D eigenvalue weighted by Crippen LogP contribution is -2.25. The number of carbonyl (C=O) groups is 1. The summed E-state index contributed by atoms with van der Waals surface area (Å²) in [5, 5.41) is 9.82. The standard InChI is InChI=1S/C12H13NO2S/c13-9(7-12(14)15)6-10-5-8-3-1-2-4-11(8)16-10/h1-5,9H,6-7,13H2,(H,14,15)/t9-/m1/s1. The van der Waals surface area contributed by atoms with Crippen LogP contribution in [0.25, 0.3) is 10.1 Å². The molecule has 0 aliphatic heterocycles. The second-order valence-corrected chi connectivity index (χ2v) is 4.98. The van der Waals surface area contributed by atoms with Crippen LogP contribution in [0.2, 0.25) is 0 Å². The van der Waals surface area contributed by atoms with Crippen LogP contribution >= 0.6 is 11.3 Å². The van der Waals surface area contributed by atoms with Crippen molar-refractivity contribution in [3.63, 3.8) is 0 Å². The molecule has 2 rings (SSSR count). The van der Waals surface area contributed by atoms with Crippen LogP contribution in [0.5, 0.6) is 0 Å². The number of thiophene rings is 1. The van der Waals surface area contributed by atoms with E-state index in [1.165, 1.54) is 10.1 Å². The summed E-state index contributed by atoms with van der Waals surface area (Å²) in [6, 6.07) is 9.90. The molecule has 0 amide bonds. The Morgan fingerprint density at radius 3 is 2.88 bits per heavy atom. The maximum atomic E-state index is 10.5. The number of fused-ring (bicyclic) bond motifs is 1. The van der Waals surface area contributed by atoms with Gasteiger partial charge in [-0.25, -0.2) is 0 Å². The van der Waals surface area contributed by atoms with Crippen LogP contribution in [-0.4, -0.2) is 17.1 Å². The second-order valence-electron chi connectivity index (χ2n) is 3.81. The highest BCUT2D eigenvalue weighted by Crippen LogP contribution is 2.26. The van der Waals surface area contributed by atoms with Crippen LogP contribution in [0.3, 0.4) is 0 Å². The molecule has 2 aromatic rings. The molecule has 3 N–H and O–H groups in total. The Morgan fingerprint density at radius 1 is 1.44 bits per heavy atom. The number of hydrogen-bond acceptors (Lipinski definition) is 3. The lowest BCUT2D eigenvalue weighted by atomic mass is 10.1. The molecule has 84 valence electrons. The molecular weight excluding hydrogens is 222 g/mol. The van der Waals surface area contributed by atoms with E-state index < -0.39 is 5.97 Å². The van der Waals surface area contributed by atoms with E-state index in [2.05, 4.69) is 18.2 Å². The average molecular weight is 235 g/mol. The van der Waals surface area contributed by atoms with E-state index >= 15 is 0 Å². The average Bonchev–Trinajstić information content (AvgIpc) is 2.57. The monoisotopic (exact) mass is 235 g/mol. The van der Waals surface area contributed by atoms with Crippen molar-refractivity contribution in [3.05, 3.63) is 35.2 Å². The van der Waals surface area contributed by atoms with Gasteiger partial charge in [0, 0.05) is 15.6 Å². The van der Waals surface area contributed by atoms with Crippen LogP contribution in [0, 0.1) is 0 Å². The zero-order chi connectivity index (χ0) is 11.5. The van der Waals surface area contributed by atoms with Crippen LogP contribution in [0.4, 0.5) is 0 Å². The SMILES string of the molecule is N[C@@H](CC(=O)O)Cc1cc2ccccc2s1.